The molecule has 0 aliphatic carbocycles. The largest absolute Gasteiger partial charge is 0.463 e. The zero-order chi connectivity index (χ0) is 25.4. The minimum absolute atomic E-state index is 0.206. The smallest absolute Gasteiger partial charge is 0.338 e. The second-order valence-corrected chi connectivity index (χ2v) is 9.35. The maximum atomic E-state index is 13.9. The van der Waals surface area contributed by atoms with E-state index in [1.54, 1.807) is 18.7 Å². The molecule has 182 valence electrons. The molecule has 7 nitrogen and oxygen atoms in total. The van der Waals surface area contributed by atoms with Gasteiger partial charge in [0, 0.05) is 12.1 Å². The number of thiazole rings is 1. The number of hydrogen-bond donors (Lipinski definition) is 0. The van der Waals surface area contributed by atoms with Crippen molar-refractivity contribution < 1.29 is 14.3 Å². The summed E-state index contributed by atoms with van der Waals surface area (Å²) in [6, 6.07) is 16.4. The predicted octanol–water partition coefficient (Wildman–Crippen LogP) is 3.20. The van der Waals surface area contributed by atoms with Crippen LogP contribution in [0.25, 0.3) is 11.6 Å². The van der Waals surface area contributed by atoms with E-state index in [1.165, 1.54) is 15.9 Å². The van der Waals surface area contributed by atoms with E-state index < -0.39 is 12.0 Å². The lowest BCUT2D eigenvalue weighted by Gasteiger charge is -2.21. The Morgan fingerprint density at radius 2 is 1.81 bits per heavy atom. The fourth-order valence-corrected chi connectivity index (χ4v) is 5.79. The Labute approximate surface area is 212 Å². The normalized spacial score (nSPS) is 18.4. The molecule has 8 heteroatoms. The highest BCUT2D eigenvalue weighted by molar-refractivity contribution is 7.07. The summed E-state index contributed by atoms with van der Waals surface area (Å²) in [5.41, 5.74) is 3.26. The molecule has 0 fully saturated rings. The van der Waals surface area contributed by atoms with Crippen LogP contribution < -0.4 is 19.8 Å². The fraction of sp³-hybridized carbons (Fsp3) is 0.214. The van der Waals surface area contributed by atoms with Gasteiger partial charge in [-0.25, -0.2) is 9.79 Å². The van der Waals surface area contributed by atoms with E-state index in [2.05, 4.69) is 4.99 Å². The Balaban J connectivity index is 1.76. The number of esters is 1. The molecule has 0 saturated carbocycles. The van der Waals surface area contributed by atoms with E-state index in [9.17, 15) is 14.4 Å². The van der Waals surface area contributed by atoms with Gasteiger partial charge in [-0.3, -0.25) is 14.2 Å². The third-order valence-corrected chi connectivity index (χ3v) is 7.33. The van der Waals surface area contributed by atoms with Crippen molar-refractivity contribution in [3.63, 3.8) is 0 Å². The van der Waals surface area contributed by atoms with Crippen molar-refractivity contribution in [3.05, 3.63) is 103 Å². The number of hydrogen-bond acceptors (Lipinski definition) is 6. The molecule has 1 amide bonds. The van der Waals surface area contributed by atoms with Crippen LogP contribution in [0.5, 0.6) is 0 Å². The van der Waals surface area contributed by atoms with Gasteiger partial charge in [0.25, 0.3) is 11.5 Å². The number of nitrogens with zero attached hydrogens (tertiary/aromatic N) is 3. The number of anilines is 1. The Hall–Kier alpha value is -4.04. The van der Waals surface area contributed by atoms with Crippen molar-refractivity contribution in [2.24, 2.45) is 4.99 Å². The number of amides is 1. The summed E-state index contributed by atoms with van der Waals surface area (Å²) in [5.74, 6) is -0.722. The van der Waals surface area contributed by atoms with Crippen LogP contribution in [0.4, 0.5) is 5.69 Å². The first-order chi connectivity index (χ1) is 17.5. The number of aromatic nitrogens is 1. The van der Waals surface area contributed by atoms with Gasteiger partial charge in [-0.2, -0.15) is 0 Å². The van der Waals surface area contributed by atoms with Crippen LogP contribution in [-0.4, -0.2) is 29.6 Å². The summed E-state index contributed by atoms with van der Waals surface area (Å²) in [6.07, 6.45) is 3.69. The minimum atomic E-state index is -0.719. The predicted molar refractivity (Wildman–Crippen MR) is 140 cm³/mol. The quantitative estimate of drug-likeness (QED) is 0.505. The molecule has 0 radical (unpaired) electrons. The topological polar surface area (TPSA) is 81.0 Å². The SMILES string of the molecule is CCOC(=O)C1=C(C)N=c2s/c(=C3\C(=O)N(CC)c4ccccc43)c(=O)n2C1/C=C/c1ccccc1. The van der Waals surface area contributed by atoms with Gasteiger partial charge in [-0.05, 0) is 32.4 Å². The first kappa shape index (κ1) is 23.7. The number of benzene rings is 2. The standard InChI is InChI=1S/C28H25N3O4S/c1-4-30-20-14-10-9-13-19(20)23(25(30)32)24-26(33)31-21(16-15-18-11-7-6-8-12-18)22(27(34)35-5-2)17(3)29-28(31)36-24/h6-16,21H,4-5H2,1-3H3/b16-15+,24-23-. The van der Waals surface area contributed by atoms with Gasteiger partial charge in [0.2, 0.25) is 0 Å². The van der Waals surface area contributed by atoms with Gasteiger partial charge >= 0.3 is 5.97 Å². The summed E-state index contributed by atoms with van der Waals surface area (Å²) in [4.78, 5) is 47.0. The molecule has 1 atom stereocenters. The number of likely N-dealkylation sites (N-methyl/N-ethyl adjacent to an activating group) is 1. The lowest BCUT2D eigenvalue weighted by atomic mass is 10.0. The maximum Gasteiger partial charge on any atom is 0.338 e. The Morgan fingerprint density at radius 3 is 2.53 bits per heavy atom. The highest BCUT2D eigenvalue weighted by Gasteiger charge is 2.35. The molecule has 0 N–H and O–H groups in total. The van der Waals surface area contributed by atoms with Gasteiger partial charge in [-0.1, -0.05) is 72.0 Å². The molecule has 2 aliphatic rings. The molecule has 5 rings (SSSR count). The van der Waals surface area contributed by atoms with Gasteiger partial charge in [-0.15, -0.1) is 0 Å². The molecule has 0 bridgehead atoms. The molecule has 1 unspecified atom stereocenters. The number of carbonyl (C=O) groups excluding carboxylic acids is 2. The van der Waals surface area contributed by atoms with Crippen molar-refractivity contribution in [2.45, 2.75) is 26.8 Å². The summed E-state index contributed by atoms with van der Waals surface area (Å²) in [5, 5.41) is 0. The molecule has 3 heterocycles. The second kappa shape index (κ2) is 9.54. The van der Waals surface area contributed by atoms with Crippen LogP contribution in [0.2, 0.25) is 0 Å². The monoisotopic (exact) mass is 499 g/mol. The van der Waals surface area contributed by atoms with Gasteiger partial charge in [0.05, 0.1) is 35.2 Å². The Kier molecular flexibility index (Phi) is 6.28. The Morgan fingerprint density at radius 1 is 1.08 bits per heavy atom. The first-order valence-electron chi connectivity index (χ1n) is 11.8. The van der Waals surface area contributed by atoms with Crippen LogP contribution in [0, 0.1) is 0 Å². The van der Waals surface area contributed by atoms with Crippen LogP contribution in [-0.2, 0) is 14.3 Å². The number of para-hydroxylation sites is 1. The van der Waals surface area contributed by atoms with Gasteiger partial charge in [0.1, 0.15) is 4.53 Å². The van der Waals surface area contributed by atoms with Crippen molar-refractivity contribution in [1.82, 2.24) is 4.57 Å². The molecule has 0 spiro atoms. The molecular formula is C28H25N3O4S. The first-order valence-corrected chi connectivity index (χ1v) is 12.6. The summed E-state index contributed by atoms with van der Waals surface area (Å²) in [6.45, 7) is 6.08. The highest BCUT2D eigenvalue weighted by Crippen LogP contribution is 2.35. The third kappa shape index (κ3) is 3.83. The van der Waals surface area contributed by atoms with Gasteiger partial charge in [0.15, 0.2) is 4.80 Å². The van der Waals surface area contributed by atoms with E-state index in [0.717, 1.165) is 16.8 Å². The lowest BCUT2D eigenvalue weighted by Crippen LogP contribution is -2.40. The van der Waals surface area contributed by atoms with Crippen molar-refractivity contribution in [3.8, 4) is 0 Å². The van der Waals surface area contributed by atoms with E-state index in [4.69, 9.17) is 4.74 Å². The summed E-state index contributed by atoms with van der Waals surface area (Å²) >= 11 is 1.17. The summed E-state index contributed by atoms with van der Waals surface area (Å²) in [7, 11) is 0. The van der Waals surface area contributed by atoms with Gasteiger partial charge < -0.3 is 9.64 Å². The molecule has 2 aliphatic heterocycles. The molecule has 36 heavy (non-hydrogen) atoms. The number of carbonyl (C=O) groups is 2. The average molecular weight is 500 g/mol. The fourth-order valence-electron chi connectivity index (χ4n) is 4.65. The van der Waals surface area contributed by atoms with Crippen LogP contribution in [0.1, 0.15) is 37.9 Å². The number of fused-ring (bicyclic) bond motifs is 2. The molecule has 3 aromatic rings. The number of rotatable bonds is 5. The van der Waals surface area contributed by atoms with Crippen LogP contribution in [0.3, 0.4) is 0 Å². The van der Waals surface area contributed by atoms with E-state index >= 15 is 0 Å². The number of allylic oxidation sites excluding steroid dienone is 2. The van der Waals surface area contributed by atoms with Crippen molar-refractivity contribution >= 4 is 40.5 Å². The minimum Gasteiger partial charge on any atom is -0.463 e. The zero-order valence-electron chi connectivity index (χ0n) is 20.2. The lowest BCUT2D eigenvalue weighted by molar-refractivity contribution is -0.139. The van der Waals surface area contributed by atoms with E-state index in [-0.39, 0.29) is 18.1 Å². The maximum absolute atomic E-state index is 13.9. The zero-order valence-corrected chi connectivity index (χ0v) is 21.0. The van der Waals surface area contributed by atoms with Crippen molar-refractivity contribution in [1.29, 1.82) is 0 Å². The van der Waals surface area contributed by atoms with Crippen molar-refractivity contribution in [2.75, 3.05) is 18.1 Å². The summed E-state index contributed by atoms with van der Waals surface area (Å²) < 4.78 is 7.13. The number of ether oxygens (including phenoxy) is 1. The van der Waals surface area contributed by atoms with E-state index in [1.807, 2.05) is 73.7 Å². The molecule has 2 aromatic carbocycles. The second-order valence-electron chi connectivity index (χ2n) is 8.38. The molecule has 0 saturated heterocycles. The molecule has 1 aromatic heterocycles. The highest BCUT2D eigenvalue weighted by atomic mass is 32.1. The third-order valence-electron chi connectivity index (χ3n) is 6.27. The van der Waals surface area contributed by atoms with Crippen LogP contribution in [0.15, 0.2) is 81.7 Å². The average Bonchev–Trinajstić information content (AvgIpc) is 3.34. The van der Waals surface area contributed by atoms with E-state index in [0.29, 0.717) is 32.7 Å². The Bertz CT molecular complexity index is 1610. The molecular weight excluding hydrogens is 474 g/mol. The van der Waals surface area contributed by atoms with Crippen LogP contribution >= 0.6 is 11.3 Å².